The molecule has 2 aromatic carbocycles. The summed E-state index contributed by atoms with van der Waals surface area (Å²) >= 11 is 0. The number of hydrogen-bond acceptors (Lipinski definition) is 2. The second-order valence-corrected chi connectivity index (χ2v) is 6.40. The number of aliphatic imine (C=N–C) groups is 1. The van der Waals surface area contributed by atoms with Crippen LogP contribution in [0.1, 0.15) is 12.0 Å². The molecule has 1 aliphatic rings. The molecule has 0 aliphatic carbocycles. The molecular weight excluding hydrogens is 461 g/mol. The smallest absolute Gasteiger partial charge is 0.191 e. The maximum Gasteiger partial charge on any atom is 0.191 e. The van der Waals surface area contributed by atoms with Gasteiger partial charge in [0, 0.05) is 38.4 Å². The van der Waals surface area contributed by atoms with Gasteiger partial charge in [0.05, 0.1) is 0 Å². The molecule has 1 fully saturated rings. The summed E-state index contributed by atoms with van der Waals surface area (Å²) < 4.78 is 26.9. The van der Waals surface area contributed by atoms with Crippen LogP contribution in [0.3, 0.4) is 0 Å². The number of hydrogen-bond donors (Lipinski definition) is 2. The number of benzene rings is 2. The molecule has 146 valence electrons. The van der Waals surface area contributed by atoms with Gasteiger partial charge in [0.15, 0.2) is 5.96 Å². The van der Waals surface area contributed by atoms with Crippen LogP contribution in [0.2, 0.25) is 0 Å². The van der Waals surface area contributed by atoms with Gasteiger partial charge in [-0.2, -0.15) is 0 Å². The van der Waals surface area contributed by atoms with Crippen LogP contribution in [0.4, 0.5) is 14.5 Å². The van der Waals surface area contributed by atoms with Gasteiger partial charge in [-0.1, -0.05) is 18.2 Å². The number of rotatable bonds is 5. The molecule has 1 atom stereocenters. The largest absolute Gasteiger partial charge is 0.369 e. The van der Waals surface area contributed by atoms with Gasteiger partial charge in [0.1, 0.15) is 11.6 Å². The highest BCUT2D eigenvalue weighted by Gasteiger charge is 2.23. The average molecular weight is 486 g/mol. The summed E-state index contributed by atoms with van der Waals surface area (Å²) in [6.45, 7) is 2.38. The summed E-state index contributed by atoms with van der Waals surface area (Å²) in [6, 6.07) is 14.2. The van der Waals surface area contributed by atoms with Crippen molar-refractivity contribution in [3.63, 3.8) is 0 Å². The first kappa shape index (κ1) is 21.4. The van der Waals surface area contributed by atoms with Crippen LogP contribution in [-0.4, -0.2) is 38.7 Å². The van der Waals surface area contributed by atoms with E-state index in [9.17, 15) is 8.78 Å². The lowest BCUT2D eigenvalue weighted by atomic mass is 10.1. The van der Waals surface area contributed by atoms with Gasteiger partial charge in [-0.05, 0) is 48.7 Å². The van der Waals surface area contributed by atoms with Gasteiger partial charge in [-0.25, -0.2) is 8.78 Å². The molecular formula is C20H25F2IN4. The zero-order valence-corrected chi connectivity index (χ0v) is 17.6. The summed E-state index contributed by atoms with van der Waals surface area (Å²) in [7, 11) is 1.71. The predicted octanol–water partition coefficient (Wildman–Crippen LogP) is 3.57. The first-order valence-electron chi connectivity index (χ1n) is 8.87. The second-order valence-electron chi connectivity index (χ2n) is 6.40. The molecule has 1 unspecified atom stereocenters. The van der Waals surface area contributed by atoms with Crippen molar-refractivity contribution in [3.05, 3.63) is 65.7 Å². The van der Waals surface area contributed by atoms with E-state index in [0.717, 1.165) is 31.6 Å². The minimum Gasteiger partial charge on any atom is -0.369 e. The lowest BCUT2D eigenvalue weighted by Crippen LogP contribution is -2.45. The molecule has 0 spiro atoms. The first-order valence-corrected chi connectivity index (χ1v) is 8.87. The molecule has 0 amide bonds. The van der Waals surface area contributed by atoms with Gasteiger partial charge < -0.3 is 15.5 Å². The van der Waals surface area contributed by atoms with E-state index < -0.39 is 5.82 Å². The van der Waals surface area contributed by atoms with Crippen molar-refractivity contribution < 1.29 is 8.78 Å². The molecule has 2 aromatic rings. The Morgan fingerprint density at radius 1 is 1.19 bits per heavy atom. The highest BCUT2D eigenvalue weighted by molar-refractivity contribution is 14.0. The number of nitrogens with one attached hydrogen (secondary N) is 2. The molecule has 2 N–H and O–H groups in total. The molecule has 0 aromatic heterocycles. The third-order valence-corrected chi connectivity index (χ3v) is 4.57. The summed E-state index contributed by atoms with van der Waals surface area (Å²) in [5.41, 5.74) is 1.59. The van der Waals surface area contributed by atoms with Gasteiger partial charge in [0.2, 0.25) is 0 Å². The van der Waals surface area contributed by atoms with Crippen molar-refractivity contribution >= 4 is 35.6 Å². The summed E-state index contributed by atoms with van der Waals surface area (Å²) in [4.78, 5) is 6.57. The minimum atomic E-state index is -0.420. The standard InChI is InChI=1S/C20H24F2N4.HI/c1-23-20(24-11-9-15-13-16(21)7-8-19(15)22)25-17-10-12-26(14-17)18-5-3-2-4-6-18;/h2-8,13,17H,9-12,14H2,1H3,(H2,23,24,25);1H. The van der Waals surface area contributed by atoms with Gasteiger partial charge in [0.25, 0.3) is 0 Å². The first-order chi connectivity index (χ1) is 12.7. The van der Waals surface area contributed by atoms with Gasteiger partial charge in [-0.15, -0.1) is 24.0 Å². The van der Waals surface area contributed by atoms with Crippen LogP contribution in [-0.2, 0) is 6.42 Å². The fourth-order valence-corrected chi connectivity index (χ4v) is 3.19. The van der Waals surface area contributed by atoms with Crippen LogP contribution < -0.4 is 15.5 Å². The van der Waals surface area contributed by atoms with Crippen molar-refractivity contribution in [3.8, 4) is 0 Å². The Morgan fingerprint density at radius 2 is 1.96 bits per heavy atom. The molecule has 1 aliphatic heterocycles. The van der Waals surface area contributed by atoms with Crippen LogP contribution >= 0.6 is 24.0 Å². The van der Waals surface area contributed by atoms with Crippen molar-refractivity contribution in [1.82, 2.24) is 10.6 Å². The molecule has 0 saturated carbocycles. The normalized spacial score (nSPS) is 16.8. The molecule has 0 bridgehead atoms. The highest BCUT2D eigenvalue weighted by Crippen LogP contribution is 2.19. The fourth-order valence-electron chi connectivity index (χ4n) is 3.19. The zero-order valence-electron chi connectivity index (χ0n) is 15.3. The Kier molecular flexibility index (Phi) is 8.27. The maximum absolute atomic E-state index is 13.7. The van der Waals surface area contributed by atoms with Crippen LogP contribution in [0.15, 0.2) is 53.5 Å². The topological polar surface area (TPSA) is 39.7 Å². The van der Waals surface area contributed by atoms with E-state index >= 15 is 0 Å². The van der Waals surface area contributed by atoms with E-state index in [1.807, 2.05) is 18.2 Å². The Bertz CT molecular complexity index is 755. The second kappa shape index (κ2) is 10.4. The zero-order chi connectivity index (χ0) is 18.4. The third-order valence-electron chi connectivity index (χ3n) is 4.57. The molecule has 3 rings (SSSR count). The minimum absolute atomic E-state index is 0. The van der Waals surface area contributed by atoms with E-state index in [4.69, 9.17) is 0 Å². The monoisotopic (exact) mass is 486 g/mol. The molecule has 7 heteroatoms. The van der Waals surface area contributed by atoms with E-state index in [1.54, 1.807) is 7.05 Å². The van der Waals surface area contributed by atoms with E-state index in [1.165, 1.54) is 11.8 Å². The Balaban J connectivity index is 0.00000261. The van der Waals surface area contributed by atoms with Crippen LogP contribution in [0, 0.1) is 11.6 Å². The molecule has 0 radical (unpaired) electrons. The molecule has 4 nitrogen and oxygen atoms in total. The van der Waals surface area contributed by atoms with Crippen molar-refractivity contribution in [2.45, 2.75) is 18.9 Å². The summed E-state index contributed by atoms with van der Waals surface area (Å²) in [6.07, 6.45) is 1.42. The number of nitrogens with zero attached hydrogens (tertiary/aromatic N) is 2. The Morgan fingerprint density at radius 3 is 2.70 bits per heavy atom. The molecule has 1 heterocycles. The van der Waals surface area contributed by atoms with Crippen molar-refractivity contribution in [1.29, 1.82) is 0 Å². The van der Waals surface area contributed by atoms with Crippen molar-refractivity contribution in [2.24, 2.45) is 4.99 Å². The number of halogens is 3. The fraction of sp³-hybridized carbons (Fsp3) is 0.350. The highest BCUT2D eigenvalue weighted by atomic mass is 127. The van der Waals surface area contributed by atoms with Gasteiger partial charge in [-0.3, -0.25) is 4.99 Å². The van der Waals surface area contributed by atoms with Crippen molar-refractivity contribution in [2.75, 3.05) is 31.6 Å². The van der Waals surface area contributed by atoms with E-state index in [0.29, 0.717) is 30.5 Å². The van der Waals surface area contributed by atoms with Gasteiger partial charge >= 0.3 is 0 Å². The number of para-hydroxylation sites is 1. The van der Waals surface area contributed by atoms with E-state index in [-0.39, 0.29) is 29.8 Å². The maximum atomic E-state index is 13.7. The Hall–Kier alpha value is -1.90. The van der Waals surface area contributed by atoms with Crippen LogP contribution in [0.5, 0.6) is 0 Å². The SMILES string of the molecule is CN=C(NCCc1cc(F)ccc1F)NC1CCN(c2ccccc2)C1.I. The number of guanidine groups is 1. The third kappa shape index (κ3) is 6.05. The van der Waals surface area contributed by atoms with E-state index in [2.05, 4.69) is 32.7 Å². The summed E-state index contributed by atoms with van der Waals surface area (Å²) in [5, 5.41) is 6.58. The van der Waals surface area contributed by atoms with Crippen LogP contribution in [0.25, 0.3) is 0 Å². The lowest BCUT2D eigenvalue weighted by molar-refractivity contribution is 0.582. The number of anilines is 1. The lowest BCUT2D eigenvalue weighted by Gasteiger charge is -2.20. The molecule has 1 saturated heterocycles. The quantitative estimate of drug-likeness (QED) is 0.386. The molecule has 27 heavy (non-hydrogen) atoms. The summed E-state index contributed by atoms with van der Waals surface area (Å²) in [5.74, 6) is -0.122. The predicted molar refractivity (Wildman–Crippen MR) is 117 cm³/mol. The average Bonchev–Trinajstić information content (AvgIpc) is 3.13. The Labute approximate surface area is 176 Å².